The summed E-state index contributed by atoms with van der Waals surface area (Å²) in [6, 6.07) is 2.13. The predicted octanol–water partition coefficient (Wildman–Crippen LogP) is 3.64. The SMILES string of the molecule is CCC1=CC(C2CCNCC2)CC=C1N(C)c1cc2c(cn1)ncn2C. The molecule has 2 aromatic rings. The van der Waals surface area contributed by atoms with Gasteiger partial charge in [-0.15, -0.1) is 0 Å². The van der Waals surface area contributed by atoms with E-state index in [9.17, 15) is 0 Å². The van der Waals surface area contributed by atoms with Crippen molar-refractivity contribution >= 4 is 16.9 Å². The highest BCUT2D eigenvalue weighted by atomic mass is 15.2. The molecule has 0 amide bonds. The Morgan fingerprint density at radius 3 is 2.85 bits per heavy atom. The molecule has 0 spiro atoms. The fraction of sp³-hybridized carbons (Fsp3) is 0.524. The van der Waals surface area contributed by atoms with E-state index in [1.807, 2.05) is 24.1 Å². The Morgan fingerprint density at radius 1 is 1.27 bits per heavy atom. The van der Waals surface area contributed by atoms with Crippen molar-refractivity contribution in [2.45, 2.75) is 32.6 Å². The number of piperidine rings is 1. The fourth-order valence-corrected chi connectivity index (χ4v) is 4.37. The smallest absolute Gasteiger partial charge is 0.134 e. The molecule has 26 heavy (non-hydrogen) atoms. The lowest BCUT2D eigenvalue weighted by atomic mass is 9.78. The number of allylic oxidation sites excluding steroid dienone is 3. The molecule has 3 heterocycles. The van der Waals surface area contributed by atoms with Crippen LogP contribution in [0, 0.1) is 11.8 Å². The molecule has 2 aliphatic rings. The second-order valence-electron chi connectivity index (χ2n) is 7.57. The van der Waals surface area contributed by atoms with Crippen molar-refractivity contribution in [3.63, 3.8) is 0 Å². The molecule has 5 heteroatoms. The van der Waals surface area contributed by atoms with Crippen LogP contribution in [0.3, 0.4) is 0 Å². The lowest BCUT2D eigenvalue weighted by molar-refractivity contribution is 0.297. The normalized spacial score (nSPS) is 21.6. The van der Waals surface area contributed by atoms with E-state index in [2.05, 4.69) is 52.4 Å². The van der Waals surface area contributed by atoms with E-state index in [1.54, 1.807) is 0 Å². The van der Waals surface area contributed by atoms with Crippen molar-refractivity contribution in [1.82, 2.24) is 19.9 Å². The van der Waals surface area contributed by atoms with Crippen molar-refractivity contribution in [2.75, 3.05) is 25.0 Å². The summed E-state index contributed by atoms with van der Waals surface area (Å²) in [4.78, 5) is 11.3. The molecule has 1 unspecified atom stereocenters. The molecule has 0 radical (unpaired) electrons. The van der Waals surface area contributed by atoms with E-state index < -0.39 is 0 Å². The molecule has 1 N–H and O–H groups in total. The quantitative estimate of drug-likeness (QED) is 0.913. The van der Waals surface area contributed by atoms with Crippen LogP contribution in [0.4, 0.5) is 5.82 Å². The summed E-state index contributed by atoms with van der Waals surface area (Å²) < 4.78 is 2.05. The van der Waals surface area contributed by atoms with Crippen molar-refractivity contribution in [3.05, 3.63) is 42.0 Å². The monoisotopic (exact) mass is 351 g/mol. The van der Waals surface area contributed by atoms with Crippen molar-refractivity contribution in [3.8, 4) is 0 Å². The predicted molar refractivity (Wildman–Crippen MR) is 107 cm³/mol. The third-order valence-electron chi connectivity index (χ3n) is 6.00. The molecule has 1 aliphatic carbocycles. The first-order chi connectivity index (χ1) is 12.7. The van der Waals surface area contributed by atoms with Gasteiger partial charge >= 0.3 is 0 Å². The zero-order valence-electron chi connectivity index (χ0n) is 16.1. The number of hydrogen-bond donors (Lipinski definition) is 1. The van der Waals surface area contributed by atoms with Gasteiger partial charge < -0.3 is 14.8 Å². The van der Waals surface area contributed by atoms with Gasteiger partial charge in [0.25, 0.3) is 0 Å². The number of fused-ring (bicyclic) bond motifs is 1. The van der Waals surface area contributed by atoms with Gasteiger partial charge in [-0.3, -0.25) is 0 Å². The van der Waals surface area contributed by atoms with Gasteiger partial charge in [0.05, 0.1) is 18.0 Å². The maximum Gasteiger partial charge on any atom is 0.134 e. The number of anilines is 1. The Balaban J connectivity index is 1.58. The van der Waals surface area contributed by atoms with Gasteiger partial charge in [0.2, 0.25) is 0 Å². The van der Waals surface area contributed by atoms with Gasteiger partial charge in [-0.1, -0.05) is 19.1 Å². The first-order valence-electron chi connectivity index (χ1n) is 9.80. The summed E-state index contributed by atoms with van der Waals surface area (Å²) in [6.45, 7) is 4.60. The number of rotatable bonds is 4. The molecule has 4 rings (SSSR count). The van der Waals surface area contributed by atoms with Crippen LogP contribution in [-0.2, 0) is 7.05 Å². The van der Waals surface area contributed by atoms with E-state index in [4.69, 9.17) is 0 Å². The van der Waals surface area contributed by atoms with Crippen LogP contribution in [0.15, 0.2) is 42.0 Å². The highest BCUT2D eigenvalue weighted by Crippen LogP contribution is 2.35. The molecular formula is C21H29N5. The molecule has 2 aromatic heterocycles. The number of imidazole rings is 1. The molecule has 1 aliphatic heterocycles. The Labute approximate surface area is 155 Å². The van der Waals surface area contributed by atoms with Crippen LogP contribution in [0.2, 0.25) is 0 Å². The summed E-state index contributed by atoms with van der Waals surface area (Å²) in [5.74, 6) is 2.49. The van der Waals surface area contributed by atoms with E-state index >= 15 is 0 Å². The Morgan fingerprint density at radius 2 is 2.08 bits per heavy atom. The molecule has 1 atom stereocenters. The number of nitrogens with zero attached hydrogens (tertiary/aromatic N) is 4. The summed E-state index contributed by atoms with van der Waals surface area (Å²) in [7, 11) is 4.16. The van der Waals surface area contributed by atoms with Gasteiger partial charge in [-0.2, -0.15) is 0 Å². The van der Waals surface area contributed by atoms with Crippen LogP contribution in [-0.4, -0.2) is 34.7 Å². The third-order valence-corrected chi connectivity index (χ3v) is 6.00. The average Bonchev–Trinajstić information content (AvgIpc) is 3.08. The zero-order valence-corrected chi connectivity index (χ0v) is 16.1. The number of aromatic nitrogens is 3. The lowest BCUT2D eigenvalue weighted by Crippen LogP contribution is -2.32. The second kappa shape index (κ2) is 7.23. The van der Waals surface area contributed by atoms with E-state index in [0.29, 0.717) is 5.92 Å². The molecule has 0 saturated carbocycles. The summed E-state index contributed by atoms with van der Waals surface area (Å²) in [5.41, 5.74) is 4.83. The number of aryl methyl sites for hydroxylation is 1. The van der Waals surface area contributed by atoms with E-state index in [-0.39, 0.29) is 0 Å². The maximum atomic E-state index is 4.65. The molecule has 1 fully saturated rings. The molecule has 0 bridgehead atoms. The Kier molecular flexibility index (Phi) is 4.81. The molecule has 1 saturated heterocycles. The van der Waals surface area contributed by atoms with Crippen molar-refractivity contribution < 1.29 is 0 Å². The standard InChI is InChI=1S/C21H29N5/c1-4-15-11-17(16-7-9-22-10-8-16)5-6-19(15)26(3)21-12-20-18(13-23-21)24-14-25(20)2/h6,11-14,16-17,22H,4-5,7-10H2,1-3H3. The molecular weight excluding hydrogens is 322 g/mol. The summed E-state index contributed by atoms with van der Waals surface area (Å²) in [6.07, 6.45) is 13.5. The average molecular weight is 351 g/mol. The number of pyridine rings is 1. The van der Waals surface area contributed by atoms with Crippen LogP contribution in [0.5, 0.6) is 0 Å². The highest BCUT2D eigenvalue weighted by molar-refractivity contribution is 5.78. The van der Waals surface area contributed by atoms with Crippen LogP contribution >= 0.6 is 0 Å². The van der Waals surface area contributed by atoms with E-state index in [0.717, 1.165) is 35.6 Å². The fourth-order valence-electron chi connectivity index (χ4n) is 4.37. The first kappa shape index (κ1) is 17.3. The van der Waals surface area contributed by atoms with Crippen LogP contribution in [0.1, 0.15) is 32.6 Å². The minimum atomic E-state index is 0.691. The molecule has 0 aromatic carbocycles. The largest absolute Gasteiger partial charge is 0.334 e. The zero-order chi connectivity index (χ0) is 18.1. The number of hydrogen-bond acceptors (Lipinski definition) is 4. The molecule has 5 nitrogen and oxygen atoms in total. The minimum absolute atomic E-state index is 0.691. The summed E-state index contributed by atoms with van der Waals surface area (Å²) in [5, 5.41) is 3.48. The van der Waals surface area contributed by atoms with Crippen molar-refractivity contribution in [1.29, 1.82) is 0 Å². The van der Waals surface area contributed by atoms with Gasteiger partial charge in [0.1, 0.15) is 11.3 Å². The van der Waals surface area contributed by atoms with Gasteiger partial charge in [0, 0.05) is 25.9 Å². The maximum absolute atomic E-state index is 4.65. The Hall–Kier alpha value is -2.14. The summed E-state index contributed by atoms with van der Waals surface area (Å²) >= 11 is 0. The van der Waals surface area contributed by atoms with Gasteiger partial charge in [-0.25, -0.2) is 9.97 Å². The number of likely N-dealkylation sites (N-methyl/N-ethyl adjacent to an activating group) is 1. The highest BCUT2D eigenvalue weighted by Gasteiger charge is 2.26. The topological polar surface area (TPSA) is 46.0 Å². The lowest BCUT2D eigenvalue weighted by Gasteiger charge is -2.33. The molecule has 138 valence electrons. The third kappa shape index (κ3) is 3.16. The van der Waals surface area contributed by atoms with Crippen LogP contribution < -0.4 is 10.2 Å². The number of nitrogens with one attached hydrogen (secondary N) is 1. The van der Waals surface area contributed by atoms with Gasteiger partial charge in [-0.05, 0) is 56.2 Å². The Bertz CT molecular complexity index is 841. The van der Waals surface area contributed by atoms with Gasteiger partial charge in [0.15, 0.2) is 0 Å². The second-order valence-corrected chi connectivity index (χ2v) is 7.57. The minimum Gasteiger partial charge on any atom is -0.334 e. The van der Waals surface area contributed by atoms with Crippen LogP contribution in [0.25, 0.3) is 11.0 Å². The van der Waals surface area contributed by atoms with Crippen molar-refractivity contribution in [2.24, 2.45) is 18.9 Å². The first-order valence-corrected chi connectivity index (χ1v) is 9.80. The van der Waals surface area contributed by atoms with E-state index in [1.165, 1.54) is 37.2 Å².